The van der Waals surface area contributed by atoms with Crippen LogP contribution >= 0.6 is 12.4 Å². The molecule has 0 bridgehead atoms. The number of rotatable bonds is 8. The number of hydrogen-bond donors (Lipinski definition) is 2. The molecule has 1 aliphatic rings. The van der Waals surface area contributed by atoms with Crippen molar-refractivity contribution in [3.63, 3.8) is 0 Å². The van der Waals surface area contributed by atoms with Crippen molar-refractivity contribution in [2.45, 2.75) is 31.8 Å². The summed E-state index contributed by atoms with van der Waals surface area (Å²) in [5.74, 6) is -0.110. The molecule has 1 aromatic carbocycles. The standard InChI is InChI=1S/C21H26N4O2.ClH/c26-20(24-16-18-8-4-10-22-15-18)14-19-21(27)25(13-11-23-19)12-5-9-17-6-2-1-3-7-17;/h1-4,6-8,10,15,19,23H,5,9,11-14,16H2,(H,24,26);1H. The predicted molar refractivity (Wildman–Crippen MR) is 111 cm³/mol. The Kier molecular flexibility index (Phi) is 8.91. The fourth-order valence-corrected chi connectivity index (χ4v) is 3.25. The van der Waals surface area contributed by atoms with Crippen molar-refractivity contribution in [3.05, 3.63) is 66.0 Å². The van der Waals surface area contributed by atoms with Crippen LogP contribution in [0.3, 0.4) is 0 Å². The lowest BCUT2D eigenvalue weighted by Gasteiger charge is -2.33. The normalized spacial score (nSPS) is 16.4. The van der Waals surface area contributed by atoms with Gasteiger partial charge in [0.2, 0.25) is 11.8 Å². The number of pyridine rings is 1. The maximum atomic E-state index is 12.7. The average Bonchev–Trinajstić information content (AvgIpc) is 2.71. The van der Waals surface area contributed by atoms with Crippen LogP contribution in [-0.4, -0.2) is 47.4 Å². The second-order valence-corrected chi connectivity index (χ2v) is 6.76. The van der Waals surface area contributed by atoms with Gasteiger partial charge >= 0.3 is 0 Å². The maximum absolute atomic E-state index is 12.7. The molecule has 3 rings (SSSR count). The molecule has 0 radical (unpaired) electrons. The number of aryl methyl sites for hydroxylation is 1. The molecular formula is C21H27ClN4O2. The van der Waals surface area contributed by atoms with E-state index in [1.165, 1.54) is 5.56 Å². The minimum absolute atomic E-state index is 0. The first-order chi connectivity index (χ1) is 13.2. The fraction of sp³-hybridized carbons (Fsp3) is 0.381. The molecule has 150 valence electrons. The molecule has 1 unspecified atom stereocenters. The summed E-state index contributed by atoms with van der Waals surface area (Å²) in [7, 11) is 0. The third-order valence-electron chi connectivity index (χ3n) is 4.72. The van der Waals surface area contributed by atoms with Crippen molar-refractivity contribution in [3.8, 4) is 0 Å². The molecule has 2 heterocycles. The lowest BCUT2D eigenvalue weighted by Crippen LogP contribution is -2.56. The van der Waals surface area contributed by atoms with E-state index >= 15 is 0 Å². The molecule has 7 heteroatoms. The molecule has 0 spiro atoms. The van der Waals surface area contributed by atoms with Gasteiger partial charge in [-0.25, -0.2) is 0 Å². The summed E-state index contributed by atoms with van der Waals surface area (Å²) >= 11 is 0. The summed E-state index contributed by atoms with van der Waals surface area (Å²) in [6.07, 6.45) is 5.46. The number of halogens is 1. The Hall–Kier alpha value is -2.44. The van der Waals surface area contributed by atoms with Gasteiger partial charge < -0.3 is 15.5 Å². The molecule has 2 amide bonds. The fourth-order valence-electron chi connectivity index (χ4n) is 3.25. The largest absolute Gasteiger partial charge is 0.352 e. The van der Waals surface area contributed by atoms with E-state index < -0.39 is 6.04 Å². The topological polar surface area (TPSA) is 74.3 Å². The molecule has 1 aliphatic heterocycles. The quantitative estimate of drug-likeness (QED) is 0.707. The second-order valence-electron chi connectivity index (χ2n) is 6.76. The van der Waals surface area contributed by atoms with Gasteiger partial charge in [0.05, 0.1) is 12.5 Å². The zero-order chi connectivity index (χ0) is 18.9. The van der Waals surface area contributed by atoms with Crippen LogP contribution in [0.4, 0.5) is 0 Å². The zero-order valence-electron chi connectivity index (χ0n) is 15.8. The number of aromatic nitrogens is 1. The maximum Gasteiger partial charge on any atom is 0.240 e. The number of benzene rings is 1. The minimum Gasteiger partial charge on any atom is -0.352 e. The summed E-state index contributed by atoms with van der Waals surface area (Å²) in [5.41, 5.74) is 2.22. The van der Waals surface area contributed by atoms with E-state index in [1.54, 1.807) is 12.4 Å². The number of nitrogens with zero attached hydrogens (tertiary/aromatic N) is 2. The van der Waals surface area contributed by atoms with Gasteiger partial charge in [-0.05, 0) is 30.0 Å². The molecule has 1 aromatic heterocycles. The Bertz CT molecular complexity index is 743. The number of nitrogens with one attached hydrogen (secondary N) is 2. The zero-order valence-corrected chi connectivity index (χ0v) is 16.7. The van der Waals surface area contributed by atoms with Crippen LogP contribution in [0.15, 0.2) is 54.9 Å². The first-order valence-electron chi connectivity index (χ1n) is 9.44. The van der Waals surface area contributed by atoms with E-state index in [0.717, 1.165) is 31.5 Å². The Morgan fingerprint density at radius 2 is 1.96 bits per heavy atom. The lowest BCUT2D eigenvalue weighted by molar-refractivity contribution is -0.138. The molecule has 0 saturated carbocycles. The van der Waals surface area contributed by atoms with E-state index in [0.29, 0.717) is 13.1 Å². The van der Waals surface area contributed by atoms with Crippen LogP contribution in [0.2, 0.25) is 0 Å². The highest BCUT2D eigenvalue weighted by molar-refractivity contribution is 5.88. The average molecular weight is 403 g/mol. The van der Waals surface area contributed by atoms with Crippen LogP contribution in [-0.2, 0) is 22.6 Å². The van der Waals surface area contributed by atoms with Crippen molar-refractivity contribution >= 4 is 24.2 Å². The van der Waals surface area contributed by atoms with Crippen molar-refractivity contribution < 1.29 is 9.59 Å². The van der Waals surface area contributed by atoms with E-state index in [9.17, 15) is 9.59 Å². The summed E-state index contributed by atoms with van der Waals surface area (Å²) in [6, 6.07) is 13.6. The van der Waals surface area contributed by atoms with Gasteiger partial charge in [-0.2, -0.15) is 0 Å². The third-order valence-corrected chi connectivity index (χ3v) is 4.72. The summed E-state index contributed by atoms with van der Waals surface area (Å²) in [6.45, 7) is 2.57. The van der Waals surface area contributed by atoms with Crippen LogP contribution in [0.25, 0.3) is 0 Å². The van der Waals surface area contributed by atoms with Crippen LogP contribution in [0.5, 0.6) is 0 Å². The number of carbonyl (C=O) groups excluding carboxylic acids is 2. The number of amides is 2. The van der Waals surface area contributed by atoms with E-state index in [2.05, 4.69) is 27.8 Å². The number of hydrogen-bond acceptors (Lipinski definition) is 4. The molecule has 2 N–H and O–H groups in total. The van der Waals surface area contributed by atoms with Gasteiger partial charge in [-0.15, -0.1) is 12.4 Å². The van der Waals surface area contributed by atoms with Gasteiger partial charge in [-0.1, -0.05) is 36.4 Å². The molecule has 28 heavy (non-hydrogen) atoms. The summed E-state index contributed by atoms with van der Waals surface area (Å²) in [4.78, 5) is 30.7. The van der Waals surface area contributed by atoms with E-state index in [-0.39, 0.29) is 30.6 Å². The van der Waals surface area contributed by atoms with E-state index in [1.807, 2.05) is 35.2 Å². The van der Waals surface area contributed by atoms with Crippen molar-refractivity contribution in [1.29, 1.82) is 0 Å². The highest BCUT2D eigenvalue weighted by atomic mass is 35.5. The van der Waals surface area contributed by atoms with Crippen LogP contribution < -0.4 is 10.6 Å². The summed E-state index contributed by atoms with van der Waals surface area (Å²) in [5, 5.41) is 6.03. The monoisotopic (exact) mass is 402 g/mol. The first kappa shape index (κ1) is 21.9. The molecule has 1 atom stereocenters. The molecule has 0 aliphatic carbocycles. The molecule has 1 fully saturated rings. The molecule has 1 saturated heterocycles. The number of piperazine rings is 1. The highest BCUT2D eigenvalue weighted by Gasteiger charge is 2.29. The third kappa shape index (κ3) is 6.62. The molecular weight excluding hydrogens is 376 g/mol. The highest BCUT2D eigenvalue weighted by Crippen LogP contribution is 2.09. The molecule has 6 nitrogen and oxygen atoms in total. The smallest absolute Gasteiger partial charge is 0.240 e. The Morgan fingerprint density at radius 3 is 2.71 bits per heavy atom. The van der Waals surface area contributed by atoms with Gasteiger partial charge in [0.1, 0.15) is 0 Å². The SMILES string of the molecule is Cl.O=C(CC1NCCN(CCCc2ccccc2)C1=O)NCc1cccnc1. The van der Waals surface area contributed by atoms with Gasteiger partial charge in [0.25, 0.3) is 0 Å². The lowest BCUT2D eigenvalue weighted by atomic mass is 10.1. The Morgan fingerprint density at radius 1 is 1.18 bits per heavy atom. The molecule has 2 aromatic rings. The number of carbonyl (C=O) groups is 2. The Labute approximate surface area is 172 Å². The van der Waals surface area contributed by atoms with Crippen LogP contribution in [0, 0.1) is 0 Å². The van der Waals surface area contributed by atoms with Gasteiger partial charge in [0, 0.05) is 38.6 Å². The second kappa shape index (κ2) is 11.4. The summed E-state index contributed by atoms with van der Waals surface area (Å²) < 4.78 is 0. The van der Waals surface area contributed by atoms with Crippen LogP contribution in [0.1, 0.15) is 24.0 Å². The first-order valence-corrected chi connectivity index (χ1v) is 9.44. The van der Waals surface area contributed by atoms with Gasteiger partial charge in [0.15, 0.2) is 0 Å². The Balaban J connectivity index is 0.00000280. The van der Waals surface area contributed by atoms with Crippen molar-refractivity contribution in [1.82, 2.24) is 20.5 Å². The minimum atomic E-state index is -0.440. The van der Waals surface area contributed by atoms with Gasteiger partial charge in [-0.3, -0.25) is 14.6 Å². The predicted octanol–water partition coefficient (Wildman–Crippen LogP) is 1.94. The van der Waals surface area contributed by atoms with Crippen molar-refractivity contribution in [2.75, 3.05) is 19.6 Å². The van der Waals surface area contributed by atoms with E-state index in [4.69, 9.17) is 0 Å². The van der Waals surface area contributed by atoms with Crippen molar-refractivity contribution in [2.24, 2.45) is 0 Å².